The van der Waals surface area contributed by atoms with Crippen molar-refractivity contribution in [1.82, 2.24) is 9.97 Å². The van der Waals surface area contributed by atoms with Crippen molar-refractivity contribution in [2.45, 2.75) is 0 Å². The number of carbonyl (C=O) groups is 1. The van der Waals surface area contributed by atoms with Crippen LogP contribution in [0.1, 0.15) is 10.4 Å². The molecule has 0 fully saturated rings. The van der Waals surface area contributed by atoms with Crippen LogP contribution in [0, 0.1) is 0 Å². The predicted molar refractivity (Wildman–Crippen MR) is 61.3 cm³/mol. The number of fused-ring (bicyclic) bond motifs is 1. The van der Waals surface area contributed by atoms with Gasteiger partial charge in [0.05, 0.1) is 21.1 Å². The lowest BCUT2D eigenvalue weighted by Gasteiger charge is -2.02. The molecule has 0 spiro atoms. The molecule has 78 valence electrons. The van der Waals surface area contributed by atoms with Gasteiger partial charge in [-0.2, -0.15) is 0 Å². The van der Waals surface area contributed by atoms with E-state index in [4.69, 9.17) is 5.11 Å². The average Bonchev–Trinajstić information content (AvgIpc) is 2.45. The van der Waals surface area contributed by atoms with Crippen LogP contribution in [0.3, 0.4) is 0 Å². The number of hydrogen-bond donors (Lipinski definition) is 3. The summed E-state index contributed by atoms with van der Waals surface area (Å²) < 4.78 is 0.752. The van der Waals surface area contributed by atoms with Crippen LogP contribution in [0.2, 0.25) is 0 Å². The maximum absolute atomic E-state index is 11.0. The Balaban J connectivity index is 2.95. The number of imidazole rings is 1. The number of rotatable bonds is 1. The maximum Gasteiger partial charge on any atom is 0.338 e. The highest BCUT2D eigenvalue weighted by atomic mass is 79.9. The molecule has 5 nitrogen and oxygen atoms in total. The van der Waals surface area contributed by atoms with Gasteiger partial charge in [-0.05, 0) is 37.9 Å². The molecule has 15 heavy (non-hydrogen) atoms. The molecule has 2 aromatic rings. The van der Waals surface area contributed by atoms with Gasteiger partial charge >= 0.3 is 11.7 Å². The summed E-state index contributed by atoms with van der Waals surface area (Å²) in [5, 5.41) is 8.95. The molecule has 2 rings (SSSR count). The number of benzene rings is 1. The maximum atomic E-state index is 11.0. The molecule has 0 aliphatic heterocycles. The number of halogens is 2. The van der Waals surface area contributed by atoms with Crippen molar-refractivity contribution in [1.29, 1.82) is 0 Å². The van der Waals surface area contributed by atoms with Crippen molar-refractivity contribution < 1.29 is 9.90 Å². The summed E-state index contributed by atoms with van der Waals surface area (Å²) in [5.41, 5.74) is 0.697. The van der Waals surface area contributed by atoms with E-state index in [1.54, 1.807) is 6.07 Å². The zero-order chi connectivity index (χ0) is 11.2. The third-order valence-electron chi connectivity index (χ3n) is 1.92. The standard InChI is InChI=1S/C8H4Br2N2O3/c9-2-1-3-6(12-8(15)11-3)5(10)4(2)7(13)14/h1H,(H,13,14)(H2,11,12,15). The monoisotopic (exact) mass is 334 g/mol. The van der Waals surface area contributed by atoms with Crippen LogP contribution in [-0.2, 0) is 0 Å². The van der Waals surface area contributed by atoms with Crippen molar-refractivity contribution in [3.05, 3.63) is 31.1 Å². The summed E-state index contributed by atoms with van der Waals surface area (Å²) in [5.74, 6) is -1.07. The molecule has 0 amide bonds. The van der Waals surface area contributed by atoms with Crippen LogP contribution in [0.5, 0.6) is 0 Å². The highest BCUT2D eigenvalue weighted by molar-refractivity contribution is 9.11. The molecular formula is C8H4Br2N2O3. The zero-order valence-corrected chi connectivity index (χ0v) is 10.3. The Kier molecular flexibility index (Phi) is 2.43. The van der Waals surface area contributed by atoms with E-state index in [9.17, 15) is 9.59 Å². The number of H-pyrrole nitrogens is 2. The van der Waals surface area contributed by atoms with E-state index in [1.807, 2.05) is 0 Å². The van der Waals surface area contributed by atoms with Gasteiger partial charge in [0.2, 0.25) is 0 Å². The first-order chi connectivity index (χ1) is 7.00. The van der Waals surface area contributed by atoms with Gasteiger partial charge in [-0.25, -0.2) is 9.59 Å². The first kappa shape index (κ1) is 10.4. The highest BCUT2D eigenvalue weighted by Gasteiger charge is 2.17. The summed E-state index contributed by atoms with van der Waals surface area (Å²) in [4.78, 5) is 27.0. The topological polar surface area (TPSA) is 85.9 Å². The fourth-order valence-corrected chi connectivity index (χ4v) is 2.86. The van der Waals surface area contributed by atoms with Crippen LogP contribution in [-0.4, -0.2) is 21.0 Å². The highest BCUT2D eigenvalue weighted by Crippen LogP contribution is 2.31. The Bertz CT molecular complexity index is 614. The smallest absolute Gasteiger partial charge is 0.338 e. The number of aromatic carboxylic acids is 1. The second kappa shape index (κ2) is 3.49. The Morgan fingerprint density at radius 1 is 1.33 bits per heavy atom. The third kappa shape index (κ3) is 1.61. The number of aromatic amines is 2. The van der Waals surface area contributed by atoms with E-state index >= 15 is 0 Å². The van der Waals surface area contributed by atoms with Crippen LogP contribution < -0.4 is 5.69 Å². The summed E-state index contributed by atoms with van der Waals surface area (Å²) >= 11 is 6.28. The number of carboxylic acid groups (broad SMARTS) is 1. The minimum absolute atomic E-state index is 0.0813. The summed E-state index contributed by atoms with van der Waals surface area (Å²) in [6.45, 7) is 0. The van der Waals surface area contributed by atoms with E-state index in [-0.39, 0.29) is 11.3 Å². The lowest BCUT2D eigenvalue weighted by atomic mass is 10.2. The number of carboxylic acids is 1. The average molecular weight is 336 g/mol. The molecule has 0 saturated heterocycles. The molecule has 3 N–H and O–H groups in total. The Morgan fingerprint density at radius 2 is 2.00 bits per heavy atom. The molecule has 0 atom stereocenters. The zero-order valence-electron chi connectivity index (χ0n) is 7.10. The van der Waals surface area contributed by atoms with E-state index in [0.29, 0.717) is 20.0 Å². The lowest BCUT2D eigenvalue weighted by Crippen LogP contribution is -2.00. The van der Waals surface area contributed by atoms with Crippen molar-refractivity contribution in [2.24, 2.45) is 0 Å². The fraction of sp³-hybridized carbons (Fsp3) is 0. The van der Waals surface area contributed by atoms with E-state index < -0.39 is 5.97 Å². The Morgan fingerprint density at radius 3 is 2.60 bits per heavy atom. The largest absolute Gasteiger partial charge is 0.478 e. The van der Waals surface area contributed by atoms with Gasteiger partial charge in [-0.3, -0.25) is 0 Å². The molecule has 1 aromatic heterocycles. The van der Waals surface area contributed by atoms with Gasteiger partial charge in [0.1, 0.15) is 0 Å². The Labute approximate surface area is 99.8 Å². The summed E-state index contributed by atoms with van der Waals surface area (Å²) in [7, 11) is 0. The van der Waals surface area contributed by atoms with E-state index in [1.165, 1.54) is 0 Å². The molecule has 0 saturated carbocycles. The van der Waals surface area contributed by atoms with Gasteiger partial charge in [-0.15, -0.1) is 0 Å². The minimum atomic E-state index is -1.07. The lowest BCUT2D eigenvalue weighted by molar-refractivity contribution is 0.0695. The van der Waals surface area contributed by atoms with Crippen LogP contribution in [0.25, 0.3) is 11.0 Å². The molecule has 1 aromatic carbocycles. The van der Waals surface area contributed by atoms with E-state index in [0.717, 1.165) is 0 Å². The molecule has 7 heteroatoms. The molecular weight excluding hydrogens is 332 g/mol. The van der Waals surface area contributed by atoms with Crippen molar-refractivity contribution in [3.8, 4) is 0 Å². The SMILES string of the molecule is O=C(O)c1c(Br)cc2[nH]c(=O)[nH]c2c1Br. The second-order valence-corrected chi connectivity index (χ2v) is 4.50. The van der Waals surface area contributed by atoms with Crippen LogP contribution >= 0.6 is 31.9 Å². The molecule has 0 aliphatic carbocycles. The van der Waals surface area contributed by atoms with Crippen molar-refractivity contribution in [3.63, 3.8) is 0 Å². The minimum Gasteiger partial charge on any atom is -0.478 e. The molecule has 0 unspecified atom stereocenters. The normalized spacial score (nSPS) is 10.8. The summed E-state index contributed by atoms with van der Waals surface area (Å²) in [6, 6.07) is 1.54. The van der Waals surface area contributed by atoms with Gasteiger partial charge in [0.25, 0.3) is 0 Å². The second-order valence-electron chi connectivity index (χ2n) is 2.85. The molecule has 0 bridgehead atoms. The van der Waals surface area contributed by atoms with Gasteiger partial charge in [0, 0.05) is 4.47 Å². The van der Waals surface area contributed by atoms with Crippen LogP contribution in [0.15, 0.2) is 19.8 Å². The Hall–Kier alpha value is -1.08. The van der Waals surface area contributed by atoms with Crippen LogP contribution in [0.4, 0.5) is 0 Å². The van der Waals surface area contributed by atoms with Gasteiger partial charge < -0.3 is 15.1 Å². The van der Waals surface area contributed by atoms with E-state index in [2.05, 4.69) is 41.8 Å². The van der Waals surface area contributed by atoms with Gasteiger partial charge in [0.15, 0.2) is 0 Å². The first-order valence-electron chi connectivity index (χ1n) is 3.84. The van der Waals surface area contributed by atoms with Crippen molar-refractivity contribution in [2.75, 3.05) is 0 Å². The predicted octanol–water partition coefficient (Wildman–Crippen LogP) is 2.08. The molecule has 1 heterocycles. The first-order valence-corrected chi connectivity index (χ1v) is 5.42. The number of hydrogen-bond acceptors (Lipinski definition) is 2. The molecule has 0 aliphatic rings. The van der Waals surface area contributed by atoms with Gasteiger partial charge in [-0.1, -0.05) is 0 Å². The quantitative estimate of drug-likeness (QED) is 0.745. The number of nitrogens with one attached hydrogen (secondary N) is 2. The fourth-order valence-electron chi connectivity index (χ4n) is 1.30. The number of aromatic nitrogens is 2. The summed E-state index contributed by atoms with van der Waals surface area (Å²) in [6.07, 6.45) is 0. The third-order valence-corrected chi connectivity index (χ3v) is 3.34. The molecule has 0 radical (unpaired) electrons. The van der Waals surface area contributed by atoms with Crippen molar-refractivity contribution >= 4 is 48.9 Å².